The third-order valence-electron chi connectivity index (χ3n) is 3.69. The summed E-state index contributed by atoms with van der Waals surface area (Å²) in [5.74, 6) is 1.28. The van der Waals surface area contributed by atoms with Gasteiger partial charge in [-0.25, -0.2) is 0 Å². The van der Waals surface area contributed by atoms with Gasteiger partial charge in [0.1, 0.15) is 0 Å². The average Bonchev–Trinajstić information content (AvgIpc) is 2.60. The summed E-state index contributed by atoms with van der Waals surface area (Å²) in [6.45, 7) is 0.557. The fourth-order valence-electron chi connectivity index (χ4n) is 2.49. The summed E-state index contributed by atoms with van der Waals surface area (Å²) in [5.41, 5.74) is 2.25. The van der Waals surface area contributed by atoms with Crippen LogP contribution in [0.4, 0.5) is 0 Å². The standard InChI is InChI=1S/C20H18ClNOS/c21-19-7-3-4-16(11-19)13-24-14-20(23)22-12-15-8-9-17-5-1-2-6-18(17)10-15/h1-11H,12-14H2,(H,22,23). The Bertz CT molecular complexity index is 850. The molecule has 0 aliphatic rings. The van der Waals surface area contributed by atoms with Gasteiger partial charge in [-0.2, -0.15) is 0 Å². The summed E-state index contributed by atoms with van der Waals surface area (Å²) in [4.78, 5) is 12.0. The molecule has 0 fully saturated rings. The quantitative estimate of drug-likeness (QED) is 0.671. The number of hydrogen-bond acceptors (Lipinski definition) is 2. The molecule has 24 heavy (non-hydrogen) atoms. The molecular weight excluding hydrogens is 338 g/mol. The highest BCUT2D eigenvalue weighted by atomic mass is 35.5. The second-order valence-electron chi connectivity index (χ2n) is 5.58. The fourth-order valence-corrected chi connectivity index (χ4v) is 3.51. The molecule has 0 aliphatic heterocycles. The van der Waals surface area contributed by atoms with Crippen LogP contribution in [0, 0.1) is 0 Å². The highest BCUT2D eigenvalue weighted by Gasteiger charge is 2.03. The summed E-state index contributed by atoms with van der Waals surface area (Å²) in [6, 6.07) is 22.2. The van der Waals surface area contributed by atoms with Crippen molar-refractivity contribution in [3.8, 4) is 0 Å². The van der Waals surface area contributed by atoms with Gasteiger partial charge in [0.2, 0.25) is 5.91 Å². The second-order valence-corrected chi connectivity index (χ2v) is 7.00. The van der Waals surface area contributed by atoms with Crippen molar-refractivity contribution in [1.29, 1.82) is 0 Å². The Balaban J connectivity index is 1.46. The van der Waals surface area contributed by atoms with Crippen molar-refractivity contribution in [3.05, 3.63) is 82.9 Å². The van der Waals surface area contributed by atoms with Crippen molar-refractivity contribution in [3.63, 3.8) is 0 Å². The highest BCUT2D eigenvalue weighted by molar-refractivity contribution is 7.99. The number of carbonyl (C=O) groups excluding carboxylic acids is 1. The van der Waals surface area contributed by atoms with E-state index in [0.29, 0.717) is 12.3 Å². The lowest BCUT2D eigenvalue weighted by molar-refractivity contribution is -0.118. The topological polar surface area (TPSA) is 29.1 Å². The van der Waals surface area contributed by atoms with Gasteiger partial charge in [-0.15, -0.1) is 11.8 Å². The van der Waals surface area contributed by atoms with Gasteiger partial charge in [0, 0.05) is 17.3 Å². The van der Waals surface area contributed by atoms with Crippen molar-refractivity contribution in [2.75, 3.05) is 5.75 Å². The van der Waals surface area contributed by atoms with Crippen molar-refractivity contribution in [2.24, 2.45) is 0 Å². The van der Waals surface area contributed by atoms with Gasteiger partial charge in [0.15, 0.2) is 0 Å². The van der Waals surface area contributed by atoms with Gasteiger partial charge in [0.05, 0.1) is 5.75 Å². The number of halogens is 1. The lowest BCUT2D eigenvalue weighted by atomic mass is 10.1. The van der Waals surface area contributed by atoms with Gasteiger partial charge < -0.3 is 5.32 Å². The van der Waals surface area contributed by atoms with E-state index >= 15 is 0 Å². The molecule has 3 aromatic carbocycles. The first-order valence-electron chi connectivity index (χ1n) is 7.77. The zero-order chi connectivity index (χ0) is 16.8. The minimum Gasteiger partial charge on any atom is -0.351 e. The lowest BCUT2D eigenvalue weighted by Gasteiger charge is -2.07. The first-order chi connectivity index (χ1) is 11.7. The number of rotatable bonds is 6. The molecule has 0 unspecified atom stereocenters. The number of carbonyl (C=O) groups is 1. The maximum Gasteiger partial charge on any atom is 0.230 e. The smallest absolute Gasteiger partial charge is 0.230 e. The molecular formula is C20H18ClNOS. The molecule has 0 atom stereocenters. The van der Waals surface area contributed by atoms with Crippen LogP contribution in [0.5, 0.6) is 0 Å². The molecule has 0 saturated carbocycles. The van der Waals surface area contributed by atoms with E-state index in [2.05, 4.69) is 35.6 Å². The Kier molecular flexibility index (Phi) is 5.78. The molecule has 1 amide bonds. The van der Waals surface area contributed by atoms with E-state index in [-0.39, 0.29) is 5.91 Å². The summed E-state index contributed by atoms with van der Waals surface area (Å²) < 4.78 is 0. The molecule has 0 bridgehead atoms. The zero-order valence-electron chi connectivity index (χ0n) is 13.2. The summed E-state index contributed by atoms with van der Waals surface area (Å²) in [6.07, 6.45) is 0. The van der Waals surface area contributed by atoms with Gasteiger partial charge in [-0.3, -0.25) is 4.79 Å². The molecule has 2 nitrogen and oxygen atoms in total. The van der Waals surface area contributed by atoms with Crippen LogP contribution in [0.3, 0.4) is 0 Å². The van der Waals surface area contributed by atoms with Crippen molar-refractivity contribution < 1.29 is 4.79 Å². The third-order valence-corrected chi connectivity index (χ3v) is 4.93. The minimum atomic E-state index is 0.0511. The van der Waals surface area contributed by atoms with Gasteiger partial charge in [-0.05, 0) is 40.1 Å². The van der Waals surface area contributed by atoms with E-state index in [4.69, 9.17) is 11.6 Å². The van der Waals surface area contributed by atoms with Crippen LogP contribution in [0.2, 0.25) is 5.02 Å². The fraction of sp³-hybridized carbons (Fsp3) is 0.150. The number of hydrogen-bond donors (Lipinski definition) is 1. The average molecular weight is 356 g/mol. The van der Waals surface area contributed by atoms with Crippen molar-refractivity contribution in [2.45, 2.75) is 12.3 Å². The predicted octanol–water partition coefficient (Wildman–Crippen LogP) is 5.04. The first kappa shape index (κ1) is 16.9. The third kappa shape index (κ3) is 4.76. The molecule has 0 saturated heterocycles. The second kappa shape index (κ2) is 8.22. The molecule has 0 spiro atoms. The van der Waals surface area contributed by atoms with Gasteiger partial charge >= 0.3 is 0 Å². The van der Waals surface area contributed by atoms with Crippen molar-refractivity contribution in [1.82, 2.24) is 5.32 Å². The van der Waals surface area contributed by atoms with E-state index in [9.17, 15) is 4.79 Å². The van der Waals surface area contributed by atoms with Gasteiger partial charge in [-0.1, -0.05) is 60.1 Å². The SMILES string of the molecule is O=C(CSCc1cccc(Cl)c1)NCc1ccc2ccccc2c1. The zero-order valence-corrected chi connectivity index (χ0v) is 14.7. The highest BCUT2D eigenvalue weighted by Crippen LogP contribution is 2.17. The van der Waals surface area contributed by atoms with Crippen LogP contribution in [0.25, 0.3) is 10.8 Å². The minimum absolute atomic E-state index is 0.0511. The summed E-state index contributed by atoms with van der Waals surface area (Å²) >= 11 is 7.55. The van der Waals surface area contributed by atoms with E-state index in [1.54, 1.807) is 11.8 Å². The number of amides is 1. The Labute approximate surface area is 151 Å². The monoisotopic (exact) mass is 355 g/mol. The number of fused-ring (bicyclic) bond motifs is 1. The molecule has 1 N–H and O–H groups in total. The van der Waals surface area contributed by atoms with Crippen LogP contribution in [-0.4, -0.2) is 11.7 Å². The molecule has 0 heterocycles. The van der Waals surface area contributed by atoms with Crippen LogP contribution in [0.15, 0.2) is 66.7 Å². The number of benzene rings is 3. The molecule has 0 aliphatic carbocycles. The Hall–Kier alpha value is -1.97. The van der Waals surface area contributed by atoms with Crippen LogP contribution < -0.4 is 5.32 Å². The predicted molar refractivity (Wildman–Crippen MR) is 103 cm³/mol. The normalized spacial score (nSPS) is 10.7. The van der Waals surface area contributed by atoms with Crippen LogP contribution in [-0.2, 0) is 17.1 Å². The first-order valence-corrected chi connectivity index (χ1v) is 9.30. The van der Waals surface area contributed by atoms with Crippen molar-refractivity contribution >= 4 is 40.0 Å². The van der Waals surface area contributed by atoms with Crippen LogP contribution >= 0.6 is 23.4 Å². The van der Waals surface area contributed by atoms with E-state index in [0.717, 1.165) is 21.9 Å². The van der Waals surface area contributed by atoms with Gasteiger partial charge in [0.25, 0.3) is 0 Å². The van der Waals surface area contributed by atoms with E-state index < -0.39 is 0 Å². The largest absolute Gasteiger partial charge is 0.351 e. The maximum atomic E-state index is 12.0. The summed E-state index contributed by atoms with van der Waals surface area (Å²) in [7, 11) is 0. The molecule has 0 aromatic heterocycles. The molecule has 122 valence electrons. The molecule has 3 aromatic rings. The molecule has 3 rings (SSSR count). The molecule has 4 heteroatoms. The van der Waals surface area contributed by atoms with E-state index in [1.165, 1.54) is 10.8 Å². The Morgan fingerprint density at radius 2 is 1.75 bits per heavy atom. The van der Waals surface area contributed by atoms with Crippen LogP contribution in [0.1, 0.15) is 11.1 Å². The Morgan fingerprint density at radius 1 is 0.917 bits per heavy atom. The lowest BCUT2D eigenvalue weighted by Crippen LogP contribution is -2.24. The maximum absolute atomic E-state index is 12.0. The molecule has 0 radical (unpaired) electrons. The van der Waals surface area contributed by atoms with E-state index in [1.807, 2.05) is 36.4 Å². The number of thioether (sulfide) groups is 1. The summed E-state index contributed by atoms with van der Waals surface area (Å²) in [5, 5.41) is 6.11. The number of nitrogens with one attached hydrogen (secondary N) is 1. The Morgan fingerprint density at radius 3 is 2.58 bits per heavy atom.